The Morgan fingerprint density at radius 1 is 0.429 bits per heavy atom. The Balaban J connectivity index is 5.33. The molecule has 0 amide bonds. The summed E-state index contributed by atoms with van der Waals surface area (Å²) in [6, 6.07) is 0. The summed E-state index contributed by atoms with van der Waals surface area (Å²) in [5, 5.41) is 0. The van der Waals surface area contributed by atoms with Crippen LogP contribution in [0.4, 0.5) is 0 Å². The molecule has 6 heteroatoms. The van der Waals surface area contributed by atoms with Crippen molar-refractivity contribution in [2.75, 3.05) is 33.0 Å². The summed E-state index contributed by atoms with van der Waals surface area (Å²) in [4.78, 5) is 0. The monoisotopic (exact) mass is 416 g/mol. The van der Waals surface area contributed by atoms with E-state index in [9.17, 15) is 0 Å². The molecule has 0 heterocycles. The van der Waals surface area contributed by atoms with Crippen molar-refractivity contribution in [2.45, 2.75) is 66.7 Å². The second kappa shape index (κ2) is 12.1. The predicted molar refractivity (Wildman–Crippen MR) is 87.0 cm³/mol. The zero-order chi connectivity index (χ0) is 16.1. The average molecular weight is 417 g/mol. The molecule has 0 aliphatic rings. The maximum atomic E-state index is 6.09. The van der Waals surface area contributed by atoms with Gasteiger partial charge in [0.05, 0.1) is 0 Å². The van der Waals surface area contributed by atoms with Crippen LogP contribution in [-0.2, 0) is 15.1 Å². The number of hydrogen-bond donors (Lipinski definition) is 0. The first kappa shape index (κ1) is 21.6. The zero-order valence-electron chi connectivity index (χ0n) is 14.6. The molecule has 0 N–H and O–H groups in total. The van der Waals surface area contributed by atoms with Gasteiger partial charge in [0.25, 0.3) is 0 Å². The molecule has 0 aromatic heterocycles. The summed E-state index contributed by atoms with van der Waals surface area (Å²) in [6.07, 6.45) is 4.36. The van der Waals surface area contributed by atoms with E-state index in [1.807, 2.05) is 0 Å². The van der Waals surface area contributed by atoms with Gasteiger partial charge in [-0.1, -0.05) is 0 Å². The van der Waals surface area contributed by atoms with Crippen LogP contribution >= 0.6 is 0 Å². The molecular formula is C15H35O5Sb. The predicted octanol–water partition coefficient (Wildman–Crippen LogP) is 4.01. The molecule has 0 bridgehead atoms. The van der Waals surface area contributed by atoms with Gasteiger partial charge in [0.15, 0.2) is 0 Å². The molecule has 0 aromatic rings. The molecule has 0 saturated carbocycles. The summed E-state index contributed by atoms with van der Waals surface area (Å²) in [6.45, 7) is 12.9. The van der Waals surface area contributed by atoms with Crippen molar-refractivity contribution in [3.8, 4) is 0 Å². The molecule has 0 spiro atoms. The molecule has 0 aliphatic heterocycles. The summed E-state index contributed by atoms with van der Waals surface area (Å²) in [7, 11) is 0. The molecule has 0 radical (unpaired) electrons. The Morgan fingerprint density at radius 2 is 0.619 bits per heavy atom. The number of hydrogen-bond acceptors (Lipinski definition) is 5. The molecular weight excluding hydrogens is 382 g/mol. The summed E-state index contributed by atoms with van der Waals surface area (Å²) in [5.74, 6) is 0. The fourth-order valence-corrected chi connectivity index (χ4v) is 10.6. The van der Waals surface area contributed by atoms with E-state index in [1.54, 1.807) is 0 Å². The topological polar surface area (TPSA) is 46.2 Å². The van der Waals surface area contributed by atoms with Gasteiger partial charge < -0.3 is 0 Å². The van der Waals surface area contributed by atoms with Crippen LogP contribution in [0.3, 0.4) is 0 Å². The van der Waals surface area contributed by atoms with Crippen LogP contribution in [0.5, 0.6) is 0 Å². The van der Waals surface area contributed by atoms with Gasteiger partial charge >= 0.3 is 134 Å². The van der Waals surface area contributed by atoms with Gasteiger partial charge in [-0.3, -0.25) is 0 Å². The van der Waals surface area contributed by atoms with Crippen molar-refractivity contribution < 1.29 is 15.1 Å². The minimum atomic E-state index is -4.88. The Morgan fingerprint density at radius 3 is 0.762 bits per heavy atom. The van der Waals surface area contributed by atoms with E-state index < -0.39 is 19.5 Å². The Hall–Kier alpha value is 0.618. The van der Waals surface area contributed by atoms with E-state index in [-0.39, 0.29) is 0 Å². The van der Waals surface area contributed by atoms with Crippen LogP contribution in [0, 0.1) is 0 Å². The van der Waals surface area contributed by atoms with E-state index >= 15 is 0 Å². The van der Waals surface area contributed by atoms with Crippen LogP contribution in [0.15, 0.2) is 0 Å². The van der Waals surface area contributed by atoms with Gasteiger partial charge in [-0.25, -0.2) is 0 Å². The molecule has 21 heavy (non-hydrogen) atoms. The van der Waals surface area contributed by atoms with Gasteiger partial charge in [0.2, 0.25) is 0 Å². The van der Waals surface area contributed by atoms with Crippen LogP contribution in [0.25, 0.3) is 0 Å². The standard InChI is InChI=1S/5C3H7O.Sb/c5*1-2-3-4;/h5*2-3H2,1H3;/q5*-1;+5. The van der Waals surface area contributed by atoms with E-state index in [1.165, 1.54) is 0 Å². The van der Waals surface area contributed by atoms with Crippen molar-refractivity contribution in [2.24, 2.45) is 0 Å². The molecule has 0 atom stereocenters. The fourth-order valence-electron chi connectivity index (χ4n) is 1.57. The third kappa shape index (κ3) is 7.62. The van der Waals surface area contributed by atoms with E-state index in [0.29, 0.717) is 33.0 Å². The first-order valence-electron chi connectivity index (χ1n) is 8.39. The molecule has 0 saturated heterocycles. The van der Waals surface area contributed by atoms with E-state index in [0.717, 1.165) is 32.1 Å². The van der Waals surface area contributed by atoms with Gasteiger partial charge in [0.1, 0.15) is 0 Å². The van der Waals surface area contributed by atoms with Crippen molar-refractivity contribution >= 4 is 19.5 Å². The second-order valence-corrected chi connectivity index (χ2v) is 12.9. The molecule has 130 valence electrons. The normalized spacial score (nSPS) is 14.0. The third-order valence-electron chi connectivity index (χ3n) is 2.53. The second-order valence-electron chi connectivity index (χ2n) is 4.91. The van der Waals surface area contributed by atoms with E-state index in [4.69, 9.17) is 15.1 Å². The minimum absolute atomic E-state index is 0.530. The Labute approximate surface area is 134 Å². The molecule has 0 aliphatic carbocycles. The molecule has 0 aromatic carbocycles. The van der Waals surface area contributed by atoms with Crippen LogP contribution in [0.1, 0.15) is 66.7 Å². The van der Waals surface area contributed by atoms with Crippen LogP contribution in [0.2, 0.25) is 0 Å². The maximum absolute atomic E-state index is 6.09. The third-order valence-corrected chi connectivity index (χ3v) is 11.2. The van der Waals surface area contributed by atoms with Crippen molar-refractivity contribution in [3.05, 3.63) is 0 Å². The molecule has 5 nitrogen and oxygen atoms in total. The fraction of sp³-hybridized carbons (Fsp3) is 1.00. The molecule has 0 fully saturated rings. The first-order valence-corrected chi connectivity index (χ1v) is 13.6. The zero-order valence-corrected chi connectivity index (χ0v) is 17.1. The van der Waals surface area contributed by atoms with Gasteiger partial charge in [-0.15, -0.1) is 0 Å². The van der Waals surface area contributed by atoms with Gasteiger partial charge in [-0.05, 0) is 0 Å². The Kier molecular flexibility index (Phi) is 12.4. The molecule has 0 unspecified atom stereocenters. The quantitative estimate of drug-likeness (QED) is 0.377. The van der Waals surface area contributed by atoms with Crippen molar-refractivity contribution in [3.63, 3.8) is 0 Å². The summed E-state index contributed by atoms with van der Waals surface area (Å²) >= 11 is -4.88. The van der Waals surface area contributed by atoms with Crippen LogP contribution < -0.4 is 0 Å². The summed E-state index contributed by atoms with van der Waals surface area (Å²) in [5.41, 5.74) is 0. The van der Waals surface area contributed by atoms with Crippen molar-refractivity contribution in [1.82, 2.24) is 0 Å². The summed E-state index contributed by atoms with van der Waals surface area (Å²) < 4.78 is 30.4. The van der Waals surface area contributed by atoms with Crippen LogP contribution in [-0.4, -0.2) is 52.5 Å². The average Bonchev–Trinajstić information content (AvgIpc) is 2.53. The molecule has 0 rings (SSSR count). The van der Waals surface area contributed by atoms with Crippen molar-refractivity contribution in [1.29, 1.82) is 0 Å². The first-order chi connectivity index (χ1) is 10.1. The van der Waals surface area contributed by atoms with Gasteiger partial charge in [0, 0.05) is 0 Å². The number of rotatable bonds is 15. The van der Waals surface area contributed by atoms with Gasteiger partial charge in [-0.2, -0.15) is 0 Å². The Bertz CT molecular complexity index is 186. The SMILES string of the molecule is CCC[O][Sb]([O]CCC)([O]CCC)([O]CCC)[O]CCC. The van der Waals surface area contributed by atoms with E-state index in [2.05, 4.69) is 34.6 Å².